The van der Waals surface area contributed by atoms with Crippen molar-refractivity contribution in [3.8, 4) is 61.3 Å². The Balaban J connectivity index is 0.945. The second kappa shape index (κ2) is 15.6. The molecule has 0 N–H and O–H groups in total. The predicted octanol–water partition coefficient (Wildman–Crippen LogP) is 17.6. The van der Waals surface area contributed by atoms with Gasteiger partial charge in [-0.3, -0.25) is 0 Å². The van der Waals surface area contributed by atoms with E-state index in [9.17, 15) is 0 Å². The van der Waals surface area contributed by atoms with Gasteiger partial charge in [0.1, 0.15) is 0 Å². The molecule has 11 aromatic carbocycles. The van der Waals surface area contributed by atoms with Gasteiger partial charge in [-0.05, 0) is 139 Å². The normalized spacial score (nSPS) is 12.8. The van der Waals surface area contributed by atoms with E-state index in [1.807, 2.05) is 0 Å². The standard InChI is InChI=1S/C67H44N2/c1-3-18-45(19-4-1)46-34-38-49(39-35-46)68(51-42-43-65-59(44-51)57-26-12-16-33-64(57)69(65)48-20-5-2-6-21-48)50-40-36-47(37-41-50)52-28-17-32-63-66(52)58-27-11-15-31-62(58)67(63)60-29-13-9-24-55(60)53-22-7-8-23-54(53)56-25-10-14-30-61(56)67/h1-44H. The lowest BCUT2D eigenvalue weighted by Crippen LogP contribution is -2.29. The fraction of sp³-hybridized carbons (Fsp3) is 0.0149. The van der Waals surface area contributed by atoms with Crippen LogP contribution >= 0.6 is 0 Å². The van der Waals surface area contributed by atoms with Gasteiger partial charge in [0.25, 0.3) is 0 Å². The average molecular weight is 877 g/mol. The molecule has 322 valence electrons. The number of aromatic nitrogens is 1. The number of rotatable bonds is 6. The minimum Gasteiger partial charge on any atom is -0.310 e. The average Bonchev–Trinajstić information content (AvgIpc) is 3.89. The Labute approximate surface area is 402 Å². The molecule has 2 aliphatic carbocycles. The monoisotopic (exact) mass is 876 g/mol. The molecule has 1 aromatic heterocycles. The summed E-state index contributed by atoms with van der Waals surface area (Å²) in [6, 6.07) is 98.6. The number of hydrogen-bond donors (Lipinski definition) is 0. The summed E-state index contributed by atoms with van der Waals surface area (Å²) in [5.41, 5.74) is 24.1. The van der Waals surface area contributed by atoms with E-state index in [2.05, 4.69) is 276 Å². The van der Waals surface area contributed by atoms with Crippen LogP contribution in [0.15, 0.2) is 267 Å². The van der Waals surface area contributed by atoms with Crippen molar-refractivity contribution in [1.82, 2.24) is 4.57 Å². The number of nitrogens with zero attached hydrogens (tertiary/aromatic N) is 2. The third kappa shape index (κ3) is 5.86. The van der Waals surface area contributed by atoms with E-state index in [1.54, 1.807) is 0 Å². The van der Waals surface area contributed by atoms with Crippen molar-refractivity contribution >= 4 is 38.9 Å². The summed E-state index contributed by atoms with van der Waals surface area (Å²) in [4.78, 5) is 2.41. The van der Waals surface area contributed by atoms with E-state index in [0.717, 1.165) is 22.7 Å². The molecular weight excluding hydrogens is 833 g/mol. The second-order valence-corrected chi connectivity index (χ2v) is 18.3. The molecule has 0 amide bonds. The van der Waals surface area contributed by atoms with Crippen LogP contribution in [0.3, 0.4) is 0 Å². The van der Waals surface area contributed by atoms with Gasteiger partial charge in [-0.25, -0.2) is 0 Å². The Kier molecular flexibility index (Phi) is 8.84. The molecule has 0 fully saturated rings. The molecule has 2 nitrogen and oxygen atoms in total. The fourth-order valence-corrected chi connectivity index (χ4v) is 12.0. The molecule has 0 bridgehead atoms. The predicted molar refractivity (Wildman–Crippen MR) is 288 cm³/mol. The lowest BCUT2D eigenvalue weighted by Gasteiger charge is -2.35. The zero-order valence-corrected chi connectivity index (χ0v) is 37.8. The van der Waals surface area contributed by atoms with E-state index in [-0.39, 0.29) is 0 Å². The maximum Gasteiger partial charge on any atom is 0.0725 e. The lowest BCUT2D eigenvalue weighted by molar-refractivity contribution is 0.775. The Morgan fingerprint density at radius 1 is 0.275 bits per heavy atom. The van der Waals surface area contributed by atoms with Crippen molar-refractivity contribution in [1.29, 1.82) is 0 Å². The molecule has 2 aliphatic rings. The first-order valence-electron chi connectivity index (χ1n) is 23.9. The van der Waals surface area contributed by atoms with Crippen molar-refractivity contribution in [2.24, 2.45) is 0 Å². The van der Waals surface area contributed by atoms with Crippen LogP contribution in [-0.2, 0) is 5.41 Å². The van der Waals surface area contributed by atoms with Crippen LogP contribution in [0.2, 0.25) is 0 Å². The van der Waals surface area contributed by atoms with E-state index in [0.29, 0.717) is 0 Å². The van der Waals surface area contributed by atoms with Gasteiger partial charge in [0.2, 0.25) is 0 Å². The molecule has 14 rings (SSSR count). The molecule has 12 aromatic rings. The molecule has 1 spiro atoms. The van der Waals surface area contributed by atoms with Crippen molar-refractivity contribution in [2.75, 3.05) is 4.90 Å². The summed E-state index contributed by atoms with van der Waals surface area (Å²) >= 11 is 0. The van der Waals surface area contributed by atoms with Gasteiger partial charge in [0.05, 0.1) is 16.4 Å². The maximum absolute atomic E-state index is 2.41. The van der Waals surface area contributed by atoms with Gasteiger partial charge in [0, 0.05) is 33.5 Å². The molecule has 1 heterocycles. The highest BCUT2D eigenvalue weighted by Crippen LogP contribution is 2.62. The largest absolute Gasteiger partial charge is 0.310 e. The maximum atomic E-state index is 2.41. The number of anilines is 3. The van der Waals surface area contributed by atoms with Crippen molar-refractivity contribution < 1.29 is 0 Å². The number of fused-ring (bicyclic) bond motifs is 15. The van der Waals surface area contributed by atoms with Crippen LogP contribution in [0.5, 0.6) is 0 Å². The molecule has 0 saturated heterocycles. The molecule has 0 saturated carbocycles. The Morgan fingerprint density at radius 3 is 1.38 bits per heavy atom. The molecule has 69 heavy (non-hydrogen) atoms. The highest BCUT2D eigenvalue weighted by Gasteiger charge is 2.50. The third-order valence-corrected chi connectivity index (χ3v) is 14.8. The first kappa shape index (κ1) is 39.2. The first-order chi connectivity index (χ1) is 34.3. The van der Waals surface area contributed by atoms with Gasteiger partial charge in [-0.15, -0.1) is 0 Å². The van der Waals surface area contributed by atoms with E-state index in [1.165, 1.54) is 99.7 Å². The van der Waals surface area contributed by atoms with Crippen LogP contribution in [0.1, 0.15) is 22.3 Å². The molecule has 0 unspecified atom stereocenters. The highest BCUT2D eigenvalue weighted by molar-refractivity contribution is 6.11. The molecule has 0 atom stereocenters. The third-order valence-electron chi connectivity index (χ3n) is 14.8. The summed E-state index contributed by atoms with van der Waals surface area (Å²) in [7, 11) is 0. The number of para-hydroxylation sites is 2. The topological polar surface area (TPSA) is 8.17 Å². The van der Waals surface area contributed by atoms with Crippen molar-refractivity contribution in [3.05, 3.63) is 289 Å². The summed E-state index contributed by atoms with van der Waals surface area (Å²) in [5.74, 6) is 0. The van der Waals surface area contributed by atoms with Gasteiger partial charge in [-0.2, -0.15) is 0 Å². The SMILES string of the molecule is c1ccc(-c2ccc(N(c3ccc(-c4cccc5c4-c4ccccc4C54c5ccccc5-c5ccccc5-c5ccccc54)cc3)c3ccc4c(c3)c3ccccc3n4-c3ccccc3)cc2)cc1. The molecular formula is C67H44N2. The lowest BCUT2D eigenvalue weighted by atomic mass is 9.66. The van der Waals surface area contributed by atoms with Crippen LogP contribution < -0.4 is 4.90 Å². The number of hydrogen-bond acceptors (Lipinski definition) is 1. The van der Waals surface area contributed by atoms with Crippen LogP contribution in [0.4, 0.5) is 17.1 Å². The quantitative estimate of drug-likeness (QED) is 0.162. The molecule has 0 aliphatic heterocycles. The first-order valence-corrected chi connectivity index (χ1v) is 23.9. The van der Waals surface area contributed by atoms with Gasteiger partial charge < -0.3 is 9.47 Å². The van der Waals surface area contributed by atoms with Crippen molar-refractivity contribution in [3.63, 3.8) is 0 Å². The van der Waals surface area contributed by atoms with E-state index < -0.39 is 5.41 Å². The minimum absolute atomic E-state index is 0.529. The summed E-state index contributed by atoms with van der Waals surface area (Å²) in [6.07, 6.45) is 0. The number of benzene rings is 11. The van der Waals surface area contributed by atoms with Crippen LogP contribution in [-0.4, -0.2) is 4.57 Å². The summed E-state index contributed by atoms with van der Waals surface area (Å²) in [5, 5.41) is 2.44. The molecule has 0 radical (unpaired) electrons. The van der Waals surface area contributed by atoms with E-state index >= 15 is 0 Å². The Morgan fingerprint density at radius 2 is 0.725 bits per heavy atom. The summed E-state index contributed by atoms with van der Waals surface area (Å²) in [6.45, 7) is 0. The zero-order valence-electron chi connectivity index (χ0n) is 37.8. The van der Waals surface area contributed by atoms with Crippen molar-refractivity contribution in [2.45, 2.75) is 5.41 Å². The van der Waals surface area contributed by atoms with Gasteiger partial charge >= 0.3 is 0 Å². The van der Waals surface area contributed by atoms with Crippen LogP contribution in [0.25, 0.3) is 83.1 Å². The fourth-order valence-electron chi connectivity index (χ4n) is 12.0. The molecule has 2 heteroatoms. The van der Waals surface area contributed by atoms with Gasteiger partial charge in [-0.1, -0.05) is 206 Å². The Hall–Kier alpha value is -8.98. The summed E-state index contributed by atoms with van der Waals surface area (Å²) < 4.78 is 2.38. The van der Waals surface area contributed by atoms with Gasteiger partial charge in [0.15, 0.2) is 0 Å². The van der Waals surface area contributed by atoms with Crippen LogP contribution in [0, 0.1) is 0 Å². The highest BCUT2D eigenvalue weighted by atomic mass is 15.1. The Bertz CT molecular complexity index is 3870. The second-order valence-electron chi connectivity index (χ2n) is 18.3. The zero-order chi connectivity index (χ0) is 45.5. The minimum atomic E-state index is -0.529. The van der Waals surface area contributed by atoms with E-state index in [4.69, 9.17) is 0 Å². The smallest absolute Gasteiger partial charge is 0.0725 e.